The Labute approximate surface area is 84.1 Å². The van der Waals surface area contributed by atoms with E-state index in [1.165, 1.54) is 0 Å². The molecule has 0 saturated heterocycles. The molecule has 2 aromatic carbocycles. The third-order valence-corrected chi connectivity index (χ3v) is 1.77. The molecule has 0 amide bonds. The normalized spacial score (nSPS) is 9.33. The summed E-state index contributed by atoms with van der Waals surface area (Å²) in [6, 6.07) is 13.3. The number of rotatable bonds is 0. The van der Waals surface area contributed by atoms with Crippen molar-refractivity contribution in [3.05, 3.63) is 42.5 Å². The first-order chi connectivity index (χ1) is 5.38. The van der Waals surface area contributed by atoms with E-state index in [0.29, 0.717) is 5.75 Å². The molecule has 0 bridgehead atoms. The van der Waals surface area contributed by atoms with E-state index in [0.717, 1.165) is 10.8 Å². The molecule has 2 rings (SSSR count). The molecule has 0 aliphatic carbocycles. The average molecular weight is 217 g/mol. The fraction of sp³-hybridized carbons (Fsp3) is 0. The zero-order chi connectivity index (χ0) is 7.68. The van der Waals surface area contributed by atoms with E-state index in [9.17, 15) is 5.11 Å². The van der Waals surface area contributed by atoms with Crippen LogP contribution in [0.1, 0.15) is 0 Å². The van der Waals surface area contributed by atoms with Crippen molar-refractivity contribution >= 4 is 30.6 Å². The zero-order valence-corrected chi connectivity index (χ0v) is 5.99. The zero-order valence-electron chi connectivity index (χ0n) is 5.99. The summed E-state index contributed by atoms with van der Waals surface area (Å²) in [7, 11) is 0. The van der Waals surface area contributed by atoms with Crippen LogP contribution < -0.4 is 0 Å². The van der Waals surface area contributed by atoms with Crippen molar-refractivity contribution < 1.29 is 5.11 Å². The summed E-state index contributed by atoms with van der Waals surface area (Å²) >= 11 is 0. The molecule has 2 aromatic rings. The molecule has 0 aliphatic rings. The number of phenols is 1. The molecule has 0 aliphatic heterocycles. The Morgan fingerprint density at radius 1 is 0.833 bits per heavy atom. The summed E-state index contributed by atoms with van der Waals surface area (Å²) in [6.07, 6.45) is 0. The van der Waals surface area contributed by atoms with Crippen molar-refractivity contribution in [2.45, 2.75) is 0 Å². The van der Waals surface area contributed by atoms with E-state index in [1.807, 2.05) is 36.4 Å². The maximum atomic E-state index is 9.37. The van der Waals surface area contributed by atoms with Gasteiger partial charge in [0, 0.05) is 5.39 Å². The third kappa shape index (κ3) is 1.49. The molecule has 0 spiro atoms. The van der Waals surface area contributed by atoms with Crippen molar-refractivity contribution in [2.24, 2.45) is 0 Å². The molecule has 12 heavy (non-hydrogen) atoms. The predicted molar refractivity (Wildman–Crippen MR) is 55.6 cm³/mol. The van der Waals surface area contributed by atoms with Gasteiger partial charge in [-0.05, 0) is 11.5 Å². The summed E-state index contributed by atoms with van der Waals surface area (Å²) < 4.78 is 0. The number of fused-ring (bicyclic) bond motifs is 1. The summed E-state index contributed by atoms with van der Waals surface area (Å²) in [6.45, 7) is 0. The van der Waals surface area contributed by atoms with E-state index in [-0.39, 0.29) is 19.8 Å². The van der Waals surface area contributed by atoms with E-state index in [2.05, 4.69) is 0 Å². The van der Waals surface area contributed by atoms with Crippen molar-refractivity contribution in [2.75, 3.05) is 0 Å². The second kappa shape index (κ2) is 3.69. The third-order valence-electron chi connectivity index (χ3n) is 1.77. The Hall–Kier alpha value is -0.864. The second-order valence-corrected chi connectivity index (χ2v) is 2.50. The van der Waals surface area contributed by atoms with Crippen molar-refractivity contribution in [3.8, 4) is 5.75 Å². The van der Waals surface area contributed by atoms with Crippen molar-refractivity contribution in [1.82, 2.24) is 0 Å². The number of aromatic hydroxyl groups is 1. The summed E-state index contributed by atoms with van der Waals surface area (Å²) in [5, 5.41) is 11.4. The van der Waals surface area contributed by atoms with Gasteiger partial charge in [-0.2, -0.15) is 0 Å². The summed E-state index contributed by atoms with van der Waals surface area (Å²) in [5.74, 6) is 0.350. The molecule has 60 valence electrons. The Bertz CT molecular complexity index is 379. The number of hydrogen-bond acceptors (Lipinski definition) is 1. The van der Waals surface area contributed by atoms with Gasteiger partial charge in [0.05, 0.1) is 0 Å². The predicted octanol–water partition coefficient (Wildman–Crippen LogP) is 1.36. The van der Waals surface area contributed by atoms with Crippen molar-refractivity contribution in [3.63, 3.8) is 0 Å². The summed E-state index contributed by atoms with van der Waals surface area (Å²) in [4.78, 5) is 0. The van der Waals surface area contributed by atoms with Crippen LogP contribution in [0.3, 0.4) is 0 Å². The van der Waals surface area contributed by atoms with Gasteiger partial charge in [0.15, 0.2) is 0 Å². The molecule has 1 N–H and O–H groups in total. The summed E-state index contributed by atoms with van der Waals surface area (Å²) in [5.41, 5.74) is 0. The van der Waals surface area contributed by atoms with Crippen LogP contribution in [0.2, 0.25) is 0 Å². The number of hydrogen-bond donors (Lipinski definition) is 1. The molecular weight excluding hydrogens is 206 g/mol. The van der Waals surface area contributed by atoms with E-state index in [4.69, 9.17) is 0 Å². The molecule has 0 saturated carbocycles. The van der Waals surface area contributed by atoms with Gasteiger partial charge in [0.2, 0.25) is 0 Å². The van der Waals surface area contributed by atoms with E-state index in [1.54, 1.807) is 6.07 Å². The first-order valence-electron chi connectivity index (χ1n) is 3.54. The van der Waals surface area contributed by atoms with Crippen LogP contribution in [0.4, 0.5) is 0 Å². The van der Waals surface area contributed by atoms with Gasteiger partial charge in [0.1, 0.15) is 5.75 Å². The Kier molecular flexibility index (Phi) is 2.84. The van der Waals surface area contributed by atoms with Gasteiger partial charge < -0.3 is 5.11 Å². The maximum absolute atomic E-state index is 9.37. The number of benzene rings is 2. The average Bonchev–Trinajstić information content (AvgIpc) is 2.06. The minimum atomic E-state index is 0. The quantitative estimate of drug-likeness (QED) is 0.660. The fourth-order valence-corrected chi connectivity index (χ4v) is 1.21. The molecule has 0 heterocycles. The molecule has 0 fully saturated rings. The minimum absolute atomic E-state index is 0. The molecule has 0 aromatic heterocycles. The molecular formula is C10H11GaO. The van der Waals surface area contributed by atoms with Crippen LogP contribution in [0, 0.1) is 0 Å². The van der Waals surface area contributed by atoms with Crippen LogP contribution in [-0.4, -0.2) is 24.9 Å². The first-order valence-corrected chi connectivity index (χ1v) is 3.54. The molecule has 0 unspecified atom stereocenters. The molecule has 0 atom stereocenters. The topological polar surface area (TPSA) is 20.2 Å². The van der Waals surface area contributed by atoms with Crippen molar-refractivity contribution in [1.29, 1.82) is 0 Å². The van der Waals surface area contributed by atoms with Crippen LogP contribution in [0.25, 0.3) is 10.8 Å². The van der Waals surface area contributed by atoms with Crippen LogP contribution in [0.15, 0.2) is 42.5 Å². The van der Waals surface area contributed by atoms with Crippen LogP contribution in [-0.2, 0) is 0 Å². The number of phenolic OH excluding ortho intramolecular Hbond substituents is 1. The SMILES string of the molecule is Oc1cccc2ccccc12.[GaH3]. The van der Waals surface area contributed by atoms with Crippen LogP contribution >= 0.6 is 0 Å². The standard InChI is InChI=1S/C10H8O.Ga.3H/c11-10-7-3-5-8-4-1-2-6-9(8)10;;;;/h1-7,11H;;;;. The molecule has 0 radical (unpaired) electrons. The first kappa shape index (κ1) is 9.23. The van der Waals surface area contributed by atoms with Gasteiger partial charge >= 0.3 is 19.8 Å². The van der Waals surface area contributed by atoms with Gasteiger partial charge in [0.25, 0.3) is 0 Å². The Morgan fingerprint density at radius 3 is 2.25 bits per heavy atom. The second-order valence-electron chi connectivity index (χ2n) is 2.50. The van der Waals surface area contributed by atoms with Gasteiger partial charge in [-0.25, -0.2) is 0 Å². The van der Waals surface area contributed by atoms with Gasteiger partial charge in [-0.1, -0.05) is 36.4 Å². The molecule has 2 heteroatoms. The Balaban J connectivity index is 0.000000720. The van der Waals surface area contributed by atoms with Gasteiger partial charge in [-0.15, -0.1) is 0 Å². The monoisotopic (exact) mass is 216 g/mol. The van der Waals surface area contributed by atoms with Gasteiger partial charge in [-0.3, -0.25) is 0 Å². The molecule has 1 nitrogen and oxygen atoms in total. The fourth-order valence-electron chi connectivity index (χ4n) is 1.21. The van der Waals surface area contributed by atoms with Crippen LogP contribution in [0.5, 0.6) is 5.75 Å². The van der Waals surface area contributed by atoms with E-state index < -0.39 is 0 Å². The Morgan fingerprint density at radius 2 is 1.50 bits per heavy atom. The van der Waals surface area contributed by atoms with E-state index >= 15 is 0 Å².